The van der Waals surface area contributed by atoms with Crippen LogP contribution in [0.15, 0.2) is 29.8 Å². The maximum absolute atomic E-state index is 13.0. The van der Waals surface area contributed by atoms with Crippen LogP contribution in [0.1, 0.15) is 43.2 Å². The Kier molecular flexibility index (Phi) is 4.59. The van der Waals surface area contributed by atoms with Crippen molar-refractivity contribution in [2.75, 3.05) is 5.33 Å². The average molecular weight is 424 g/mol. The predicted molar refractivity (Wildman–Crippen MR) is 90.0 cm³/mol. The topological polar surface area (TPSA) is 46.2 Å². The van der Waals surface area contributed by atoms with Gasteiger partial charge < -0.3 is 0 Å². The molecule has 0 amide bonds. The molecule has 0 bridgehead atoms. The first-order valence-corrected chi connectivity index (χ1v) is 10.3. The fraction of sp³-hybridized carbons (Fsp3) is 0.500. The highest BCUT2D eigenvalue weighted by Crippen LogP contribution is 2.46. The van der Waals surface area contributed by atoms with E-state index in [1.807, 2.05) is 0 Å². The Labute approximate surface area is 147 Å². The molecule has 1 saturated carbocycles. The van der Waals surface area contributed by atoms with E-state index < -0.39 is 27.3 Å². The Morgan fingerprint density at radius 2 is 1.83 bits per heavy atom. The summed E-state index contributed by atoms with van der Waals surface area (Å²) in [6, 6.07) is 4.54. The quantitative estimate of drug-likeness (QED) is 0.714. The maximum Gasteiger partial charge on any atom is 0.416 e. The van der Waals surface area contributed by atoms with E-state index in [2.05, 4.69) is 20.7 Å². The van der Waals surface area contributed by atoms with Gasteiger partial charge >= 0.3 is 6.18 Å². The van der Waals surface area contributed by atoms with E-state index in [0.717, 1.165) is 31.4 Å². The molecule has 0 saturated heterocycles. The van der Waals surface area contributed by atoms with Crippen molar-refractivity contribution in [3.05, 3.63) is 41.0 Å². The van der Waals surface area contributed by atoms with Crippen LogP contribution in [0.25, 0.3) is 4.91 Å². The van der Waals surface area contributed by atoms with Gasteiger partial charge in [-0.3, -0.25) is 0 Å². The molecular formula is C16H17BrF3NO2S. The number of rotatable bonds is 2. The van der Waals surface area contributed by atoms with E-state index in [4.69, 9.17) is 0 Å². The van der Waals surface area contributed by atoms with E-state index in [0.29, 0.717) is 23.7 Å². The molecule has 1 fully saturated rings. The summed E-state index contributed by atoms with van der Waals surface area (Å²) in [6.45, 7) is 0. The van der Waals surface area contributed by atoms with Crippen LogP contribution in [0.2, 0.25) is 0 Å². The Balaban J connectivity index is 2.18. The minimum atomic E-state index is -4.51. The van der Waals surface area contributed by atoms with Crippen LogP contribution >= 0.6 is 15.9 Å². The number of benzene rings is 1. The zero-order chi connectivity index (χ0) is 17.6. The summed E-state index contributed by atoms with van der Waals surface area (Å²) in [4.78, 5) is -0.00706. The molecule has 1 aliphatic heterocycles. The molecule has 1 aliphatic carbocycles. The number of nitrogens with one attached hydrogen (secondary N) is 1. The SMILES string of the molecule is O=S1(=O)NC2(CCCCC2)C(CBr)=C1c1cccc(C(F)(F)F)c1. The van der Waals surface area contributed by atoms with Crippen molar-refractivity contribution in [3.8, 4) is 0 Å². The molecule has 0 radical (unpaired) electrons. The van der Waals surface area contributed by atoms with E-state index in [1.165, 1.54) is 12.1 Å². The highest BCUT2D eigenvalue weighted by Gasteiger charge is 2.48. The van der Waals surface area contributed by atoms with E-state index in [9.17, 15) is 21.6 Å². The van der Waals surface area contributed by atoms with Crippen LogP contribution in [0.4, 0.5) is 13.2 Å². The van der Waals surface area contributed by atoms with Crippen molar-refractivity contribution in [1.29, 1.82) is 0 Å². The average Bonchev–Trinajstić information content (AvgIpc) is 2.73. The molecule has 1 heterocycles. The fourth-order valence-corrected chi connectivity index (χ4v) is 6.64. The van der Waals surface area contributed by atoms with Gasteiger partial charge in [0.25, 0.3) is 0 Å². The normalized spacial score (nSPS) is 23.0. The summed E-state index contributed by atoms with van der Waals surface area (Å²) in [5.41, 5.74) is -0.776. The Morgan fingerprint density at radius 1 is 1.17 bits per heavy atom. The molecule has 1 aromatic rings. The first kappa shape index (κ1) is 17.9. The van der Waals surface area contributed by atoms with Crippen LogP contribution in [-0.2, 0) is 16.2 Å². The van der Waals surface area contributed by atoms with E-state index in [-0.39, 0.29) is 10.5 Å². The second-order valence-corrected chi connectivity index (χ2v) is 8.45. The van der Waals surface area contributed by atoms with Gasteiger partial charge in [0, 0.05) is 5.33 Å². The van der Waals surface area contributed by atoms with Crippen LogP contribution in [0, 0.1) is 0 Å². The largest absolute Gasteiger partial charge is 0.416 e. The Bertz CT molecular complexity index is 781. The minimum Gasteiger partial charge on any atom is -0.207 e. The molecule has 1 N–H and O–H groups in total. The molecule has 3 nitrogen and oxygen atoms in total. The highest BCUT2D eigenvalue weighted by atomic mass is 79.9. The smallest absolute Gasteiger partial charge is 0.207 e. The third-order valence-electron chi connectivity index (χ3n) is 4.74. The van der Waals surface area contributed by atoms with Gasteiger partial charge in [-0.2, -0.15) is 13.2 Å². The maximum atomic E-state index is 13.0. The van der Waals surface area contributed by atoms with Gasteiger partial charge in [-0.15, -0.1) is 0 Å². The monoisotopic (exact) mass is 423 g/mol. The number of hydrogen-bond acceptors (Lipinski definition) is 2. The van der Waals surface area contributed by atoms with Gasteiger partial charge in [0.1, 0.15) is 0 Å². The summed E-state index contributed by atoms with van der Waals surface area (Å²) in [7, 11) is -3.84. The molecule has 8 heteroatoms. The Hall–Kier alpha value is -0.860. The van der Waals surface area contributed by atoms with Crippen molar-refractivity contribution in [1.82, 2.24) is 4.72 Å². The van der Waals surface area contributed by atoms with Gasteiger partial charge in [0.2, 0.25) is 10.0 Å². The van der Waals surface area contributed by atoms with Crippen molar-refractivity contribution in [3.63, 3.8) is 0 Å². The Morgan fingerprint density at radius 3 is 2.42 bits per heavy atom. The van der Waals surface area contributed by atoms with Crippen molar-refractivity contribution in [2.45, 2.75) is 43.8 Å². The number of halogens is 4. The standard InChI is InChI=1S/C16H17BrF3NO2S/c17-10-13-14(11-5-4-6-12(9-11)16(18,19)20)24(22,23)21-15(13)7-2-1-3-8-15/h4-6,9,21H,1-3,7-8,10H2. The summed E-state index contributed by atoms with van der Waals surface area (Å²) in [6.07, 6.45) is -0.323. The van der Waals surface area contributed by atoms with Crippen molar-refractivity contribution < 1.29 is 21.6 Å². The molecule has 1 aromatic carbocycles. The molecule has 0 aromatic heterocycles. The molecule has 0 atom stereocenters. The third kappa shape index (κ3) is 3.04. The number of hydrogen-bond donors (Lipinski definition) is 1. The first-order chi connectivity index (χ1) is 11.2. The van der Waals surface area contributed by atoms with E-state index >= 15 is 0 Å². The van der Waals surface area contributed by atoms with Gasteiger partial charge in [-0.1, -0.05) is 47.3 Å². The highest BCUT2D eigenvalue weighted by molar-refractivity contribution is 9.09. The lowest BCUT2D eigenvalue weighted by Crippen LogP contribution is -2.46. The molecular weight excluding hydrogens is 407 g/mol. The minimum absolute atomic E-state index is 0.00706. The number of alkyl halides is 4. The van der Waals surface area contributed by atoms with Crippen LogP contribution in [0.5, 0.6) is 0 Å². The van der Waals surface area contributed by atoms with Gasteiger partial charge in [-0.05, 0) is 36.1 Å². The molecule has 2 aliphatic rings. The van der Waals surface area contributed by atoms with Gasteiger partial charge in [-0.25, -0.2) is 13.1 Å². The van der Waals surface area contributed by atoms with Gasteiger partial charge in [0.15, 0.2) is 0 Å². The summed E-state index contributed by atoms with van der Waals surface area (Å²) in [5.74, 6) is 0. The molecule has 24 heavy (non-hydrogen) atoms. The lowest BCUT2D eigenvalue weighted by molar-refractivity contribution is -0.137. The molecule has 0 unspecified atom stereocenters. The first-order valence-electron chi connectivity index (χ1n) is 7.71. The lowest BCUT2D eigenvalue weighted by atomic mass is 9.77. The number of sulfonamides is 1. The summed E-state index contributed by atoms with van der Waals surface area (Å²) >= 11 is 3.35. The zero-order valence-corrected chi connectivity index (χ0v) is 15.2. The predicted octanol–water partition coefficient (Wildman–Crippen LogP) is 4.45. The second kappa shape index (κ2) is 6.14. The van der Waals surface area contributed by atoms with Gasteiger partial charge in [0.05, 0.1) is 16.0 Å². The zero-order valence-electron chi connectivity index (χ0n) is 12.8. The molecule has 1 spiro atoms. The summed E-state index contributed by atoms with van der Waals surface area (Å²) in [5, 5.41) is 0.310. The lowest BCUT2D eigenvalue weighted by Gasteiger charge is -2.34. The van der Waals surface area contributed by atoms with E-state index in [1.54, 1.807) is 0 Å². The van der Waals surface area contributed by atoms with Crippen molar-refractivity contribution in [2.24, 2.45) is 0 Å². The van der Waals surface area contributed by atoms with Crippen LogP contribution in [0.3, 0.4) is 0 Å². The molecule has 3 rings (SSSR count). The van der Waals surface area contributed by atoms with Crippen LogP contribution in [-0.4, -0.2) is 19.3 Å². The second-order valence-electron chi connectivity index (χ2n) is 6.27. The fourth-order valence-electron chi connectivity index (χ4n) is 3.66. The summed E-state index contributed by atoms with van der Waals surface area (Å²) < 4.78 is 67.1. The van der Waals surface area contributed by atoms with Crippen LogP contribution < -0.4 is 4.72 Å². The third-order valence-corrected chi connectivity index (χ3v) is 6.98. The molecule has 132 valence electrons. The van der Waals surface area contributed by atoms with Crippen molar-refractivity contribution >= 4 is 30.9 Å².